The second kappa shape index (κ2) is 5.81. The molecule has 3 rings (SSSR count). The first kappa shape index (κ1) is 13.4. The van der Waals surface area contributed by atoms with E-state index in [9.17, 15) is 5.26 Å². The number of benzene rings is 1. The molecule has 4 nitrogen and oxygen atoms in total. The molecule has 0 fully saturated rings. The standard InChI is InChI=1S/C16H11BrN4/c17-13-4-1-3-11(7-13)15-9-16(21-20-15)12(10-18)8-14-5-2-6-19-14/h1-9,19H,(H,20,21)/b12-8-. The van der Waals surface area contributed by atoms with Crippen molar-refractivity contribution in [2.45, 2.75) is 0 Å². The van der Waals surface area contributed by atoms with E-state index in [2.05, 4.69) is 37.2 Å². The average molecular weight is 339 g/mol. The van der Waals surface area contributed by atoms with Crippen LogP contribution >= 0.6 is 15.9 Å². The minimum atomic E-state index is 0.534. The Labute approximate surface area is 130 Å². The monoisotopic (exact) mass is 338 g/mol. The molecule has 0 saturated carbocycles. The van der Waals surface area contributed by atoms with Crippen molar-refractivity contribution in [1.29, 1.82) is 5.26 Å². The van der Waals surface area contributed by atoms with E-state index in [1.807, 2.05) is 48.7 Å². The molecule has 2 N–H and O–H groups in total. The molecule has 0 aliphatic carbocycles. The number of hydrogen-bond acceptors (Lipinski definition) is 2. The lowest BCUT2D eigenvalue weighted by Gasteiger charge is -1.96. The summed E-state index contributed by atoms with van der Waals surface area (Å²) in [5.74, 6) is 0. The predicted octanol–water partition coefficient (Wildman–Crippen LogP) is 4.23. The van der Waals surface area contributed by atoms with Crippen LogP contribution in [0.4, 0.5) is 0 Å². The number of nitriles is 1. The van der Waals surface area contributed by atoms with Crippen LogP contribution in [0.15, 0.2) is 53.1 Å². The first-order valence-electron chi connectivity index (χ1n) is 6.33. The van der Waals surface area contributed by atoms with Crippen LogP contribution in [0, 0.1) is 11.3 Å². The van der Waals surface area contributed by atoms with Gasteiger partial charge in [0.2, 0.25) is 0 Å². The van der Waals surface area contributed by atoms with Gasteiger partial charge in [-0.05, 0) is 36.4 Å². The maximum Gasteiger partial charge on any atom is 0.101 e. The summed E-state index contributed by atoms with van der Waals surface area (Å²) in [6, 6.07) is 15.7. The first-order chi connectivity index (χ1) is 10.3. The molecule has 0 bridgehead atoms. The Morgan fingerprint density at radius 3 is 2.86 bits per heavy atom. The number of rotatable bonds is 3. The lowest BCUT2D eigenvalue weighted by atomic mass is 10.1. The Morgan fingerprint density at radius 2 is 2.14 bits per heavy atom. The third-order valence-corrected chi connectivity index (χ3v) is 3.52. The van der Waals surface area contributed by atoms with Crippen LogP contribution in [0.1, 0.15) is 11.4 Å². The molecule has 0 unspecified atom stereocenters. The Balaban J connectivity index is 1.96. The van der Waals surface area contributed by atoms with E-state index >= 15 is 0 Å². The first-order valence-corrected chi connectivity index (χ1v) is 7.12. The van der Waals surface area contributed by atoms with Crippen LogP contribution in [-0.2, 0) is 0 Å². The molecule has 0 aliphatic heterocycles. The number of nitrogens with one attached hydrogen (secondary N) is 2. The summed E-state index contributed by atoms with van der Waals surface area (Å²) < 4.78 is 0.993. The number of aromatic nitrogens is 3. The van der Waals surface area contributed by atoms with Gasteiger partial charge in [0, 0.05) is 21.9 Å². The van der Waals surface area contributed by atoms with E-state index in [0.717, 1.165) is 21.4 Å². The maximum atomic E-state index is 9.31. The van der Waals surface area contributed by atoms with Crippen molar-refractivity contribution in [3.63, 3.8) is 0 Å². The lowest BCUT2D eigenvalue weighted by molar-refractivity contribution is 1.08. The van der Waals surface area contributed by atoms with Crippen LogP contribution in [-0.4, -0.2) is 15.2 Å². The summed E-state index contributed by atoms with van der Waals surface area (Å²) in [4.78, 5) is 3.05. The topological polar surface area (TPSA) is 68.3 Å². The summed E-state index contributed by atoms with van der Waals surface area (Å²) in [5.41, 5.74) is 3.90. The predicted molar refractivity (Wildman–Crippen MR) is 86.0 cm³/mol. The van der Waals surface area contributed by atoms with Gasteiger partial charge in [0.15, 0.2) is 0 Å². The molecule has 21 heavy (non-hydrogen) atoms. The largest absolute Gasteiger partial charge is 0.362 e. The van der Waals surface area contributed by atoms with Gasteiger partial charge in [-0.15, -0.1) is 0 Å². The molecule has 0 saturated heterocycles. The number of hydrogen-bond donors (Lipinski definition) is 2. The third-order valence-electron chi connectivity index (χ3n) is 3.03. The van der Waals surface area contributed by atoms with Crippen molar-refractivity contribution in [2.24, 2.45) is 0 Å². The van der Waals surface area contributed by atoms with Gasteiger partial charge >= 0.3 is 0 Å². The van der Waals surface area contributed by atoms with E-state index in [4.69, 9.17) is 0 Å². The molecular weight excluding hydrogens is 328 g/mol. The average Bonchev–Trinajstić information content (AvgIpc) is 3.16. The number of aromatic amines is 2. The number of allylic oxidation sites excluding steroid dienone is 1. The van der Waals surface area contributed by atoms with Gasteiger partial charge in [0.25, 0.3) is 0 Å². The maximum absolute atomic E-state index is 9.31. The number of halogens is 1. The van der Waals surface area contributed by atoms with Crippen molar-refractivity contribution >= 4 is 27.6 Å². The molecule has 0 radical (unpaired) electrons. The van der Waals surface area contributed by atoms with Gasteiger partial charge in [0.1, 0.15) is 6.07 Å². The quantitative estimate of drug-likeness (QED) is 0.701. The summed E-state index contributed by atoms with van der Waals surface area (Å²) in [7, 11) is 0. The smallest absolute Gasteiger partial charge is 0.101 e. The Hall–Kier alpha value is -2.58. The Morgan fingerprint density at radius 1 is 1.24 bits per heavy atom. The van der Waals surface area contributed by atoms with Gasteiger partial charge in [-0.25, -0.2) is 0 Å². The summed E-state index contributed by atoms with van der Waals surface area (Å²) >= 11 is 3.44. The molecule has 2 aromatic heterocycles. The van der Waals surface area contributed by atoms with Crippen molar-refractivity contribution in [3.05, 3.63) is 64.5 Å². The van der Waals surface area contributed by atoms with Gasteiger partial charge in [0.05, 0.1) is 17.0 Å². The minimum Gasteiger partial charge on any atom is -0.362 e. The van der Waals surface area contributed by atoms with Crippen LogP contribution in [0.5, 0.6) is 0 Å². The summed E-state index contributed by atoms with van der Waals surface area (Å²) in [6.07, 6.45) is 3.61. The molecule has 2 heterocycles. The van der Waals surface area contributed by atoms with E-state index in [-0.39, 0.29) is 0 Å². The third kappa shape index (κ3) is 2.96. The van der Waals surface area contributed by atoms with Crippen LogP contribution in [0.3, 0.4) is 0 Å². The minimum absolute atomic E-state index is 0.534. The highest BCUT2D eigenvalue weighted by Crippen LogP contribution is 2.24. The lowest BCUT2D eigenvalue weighted by Crippen LogP contribution is -1.82. The molecular formula is C16H11BrN4. The van der Waals surface area contributed by atoms with E-state index < -0.39 is 0 Å². The van der Waals surface area contributed by atoms with Crippen LogP contribution in [0.25, 0.3) is 22.9 Å². The molecule has 3 aromatic rings. The fraction of sp³-hybridized carbons (Fsp3) is 0. The van der Waals surface area contributed by atoms with Gasteiger partial charge in [-0.1, -0.05) is 28.1 Å². The number of nitrogens with zero attached hydrogens (tertiary/aromatic N) is 2. The van der Waals surface area contributed by atoms with Crippen LogP contribution in [0.2, 0.25) is 0 Å². The second-order valence-corrected chi connectivity index (χ2v) is 5.39. The molecule has 0 atom stereocenters. The zero-order chi connectivity index (χ0) is 14.7. The van der Waals surface area contributed by atoms with Crippen molar-refractivity contribution in [1.82, 2.24) is 15.2 Å². The van der Waals surface area contributed by atoms with Crippen molar-refractivity contribution in [2.75, 3.05) is 0 Å². The molecule has 1 aromatic carbocycles. The van der Waals surface area contributed by atoms with Crippen molar-refractivity contribution in [3.8, 4) is 17.3 Å². The fourth-order valence-electron chi connectivity index (χ4n) is 2.02. The highest BCUT2D eigenvalue weighted by molar-refractivity contribution is 9.10. The highest BCUT2D eigenvalue weighted by Gasteiger charge is 2.08. The molecule has 0 amide bonds. The SMILES string of the molecule is N#C/C(=C/c1ccc[nH]1)c1cc(-c2cccc(Br)c2)n[nH]1. The van der Waals surface area contributed by atoms with E-state index in [1.165, 1.54) is 0 Å². The Kier molecular flexibility index (Phi) is 3.71. The summed E-state index contributed by atoms with van der Waals surface area (Å²) in [6.45, 7) is 0. The number of H-pyrrole nitrogens is 2. The van der Waals surface area contributed by atoms with Gasteiger partial charge < -0.3 is 4.98 Å². The van der Waals surface area contributed by atoms with E-state index in [0.29, 0.717) is 11.3 Å². The van der Waals surface area contributed by atoms with E-state index in [1.54, 1.807) is 6.08 Å². The van der Waals surface area contributed by atoms with Crippen molar-refractivity contribution < 1.29 is 0 Å². The summed E-state index contributed by atoms with van der Waals surface area (Å²) in [5, 5.41) is 16.5. The van der Waals surface area contributed by atoms with Gasteiger partial charge in [-0.3, -0.25) is 5.10 Å². The zero-order valence-electron chi connectivity index (χ0n) is 11.0. The molecule has 0 aliphatic rings. The van der Waals surface area contributed by atoms with Crippen LogP contribution < -0.4 is 0 Å². The normalized spacial score (nSPS) is 11.3. The molecule has 0 spiro atoms. The van der Waals surface area contributed by atoms with Gasteiger partial charge in [-0.2, -0.15) is 10.4 Å². The zero-order valence-corrected chi connectivity index (χ0v) is 12.6. The molecule has 102 valence electrons. The fourth-order valence-corrected chi connectivity index (χ4v) is 2.41. The molecule has 5 heteroatoms. The highest BCUT2D eigenvalue weighted by atomic mass is 79.9. The Bertz CT molecular complexity index is 822. The second-order valence-electron chi connectivity index (χ2n) is 4.47.